The molecule has 112 valence electrons. The number of hydrogen-bond acceptors (Lipinski definition) is 6. The molecule has 0 aromatic carbocycles. The normalized spacial score (nSPS) is 14.1. The fourth-order valence-corrected chi connectivity index (χ4v) is 2.42. The fraction of sp³-hybridized carbons (Fsp3) is 0.300. The summed E-state index contributed by atoms with van der Waals surface area (Å²) in [6, 6.07) is 1.04. The van der Waals surface area contributed by atoms with Crippen molar-refractivity contribution in [3.05, 3.63) is 28.1 Å². The van der Waals surface area contributed by atoms with Gasteiger partial charge in [-0.15, -0.1) is 0 Å². The van der Waals surface area contributed by atoms with Crippen molar-refractivity contribution in [3.8, 4) is 0 Å². The zero-order valence-corrected chi connectivity index (χ0v) is 11.4. The molecule has 2 rings (SSSR count). The Morgan fingerprint density at radius 1 is 1.48 bits per heavy atom. The summed E-state index contributed by atoms with van der Waals surface area (Å²) >= 11 is 1.12. The molecule has 0 atom stereocenters. The summed E-state index contributed by atoms with van der Waals surface area (Å²) in [4.78, 5) is 48.0. The lowest BCUT2D eigenvalue weighted by atomic mass is 10.4. The number of nitrogens with zero attached hydrogens (tertiary/aromatic N) is 2. The molecule has 0 saturated carbocycles. The van der Waals surface area contributed by atoms with Gasteiger partial charge in [0.25, 0.3) is 22.7 Å². The number of hydrazine groups is 1. The summed E-state index contributed by atoms with van der Waals surface area (Å²) < 4.78 is 0. The van der Waals surface area contributed by atoms with Crippen LogP contribution in [0.4, 0.5) is 10.5 Å². The van der Waals surface area contributed by atoms with Crippen LogP contribution in [0.5, 0.6) is 0 Å². The molecule has 21 heavy (non-hydrogen) atoms. The molecule has 0 spiro atoms. The van der Waals surface area contributed by atoms with Crippen molar-refractivity contribution < 1.29 is 19.3 Å². The summed E-state index contributed by atoms with van der Waals surface area (Å²) in [6.07, 6.45) is 1.07. The van der Waals surface area contributed by atoms with E-state index in [0.717, 1.165) is 24.0 Å². The second-order valence-electron chi connectivity index (χ2n) is 4.07. The number of nitro groups is 1. The van der Waals surface area contributed by atoms with Gasteiger partial charge in [-0.3, -0.25) is 35.3 Å². The number of rotatable bonds is 4. The van der Waals surface area contributed by atoms with E-state index in [4.69, 9.17) is 0 Å². The minimum atomic E-state index is -0.724. The van der Waals surface area contributed by atoms with Gasteiger partial charge in [0.1, 0.15) is 12.2 Å². The first-order valence-corrected chi connectivity index (χ1v) is 6.79. The molecule has 1 aromatic heterocycles. The molecule has 1 aliphatic rings. The third-order valence-corrected chi connectivity index (χ3v) is 3.51. The lowest BCUT2D eigenvalue weighted by Gasteiger charge is -2.14. The third-order valence-electron chi connectivity index (χ3n) is 2.62. The largest absolute Gasteiger partial charge is 0.351 e. The molecular formula is C10H11N5O5S. The van der Waals surface area contributed by atoms with Crippen LogP contribution in [-0.4, -0.2) is 50.7 Å². The molecule has 2 heterocycles. The minimum absolute atomic E-state index is 0.0604. The second kappa shape index (κ2) is 6.26. The molecular weight excluding hydrogens is 302 g/mol. The van der Waals surface area contributed by atoms with Crippen LogP contribution in [0.15, 0.2) is 12.3 Å². The van der Waals surface area contributed by atoms with E-state index in [-0.39, 0.29) is 23.2 Å². The van der Waals surface area contributed by atoms with Crippen LogP contribution in [0.1, 0.15) is 10.5 Å². The van der Waals surface area contributed by atoms with Crippen molar-refractivity contribution >= 4 is 34.5 Å². The zero-order chi connectivity index (χ0) is 15.4. The SMILES string of the molecule is O=C(CN1CCSC1=O)NNC(=O)c1cc([N+](=O)[O-])c[nH]1. The molecule has 11 heteroatoms. The first-order valence-electron chi connectivity index (χ1n) is 5.81. The van der Waals surface area contributed by atoms with Gasteiger partial charge in [-0.1, -0.05) is 11.8 Å². The Hall–Kier alpha value is -2.56. The van der Waals surface area contributed by atoms with Gasteiger partial charge in [0.15, 0.2) is 0 Å². The molecule has 0 aliphatic carbocycles. The van der Waals surface area contributed by atoms with Crippen molar-refractivity contribution in [1.29, 1.82) is 0 Å². The van der Waals surface area contributed by atoms with Crippen molar-refractivity contribution in [1.82, 2.24) is 20.7 Å². The van der Waals surface area contributed by atoms with E-state index in [0.29, 0.717) is 12.3 Å². The van der Waals surface area contributed by atoms with E-state index >= 15 is 0 Å². The van der Waals surface area contributed by atoms with Gasteiger partial charge in [0.05, 0.1) is 11.1 Å². The lowest BCUT2D eigenvalue weighted by molar-refractivity contribution is -0.384. The highest BCUT2D eigenvalue weighted by molar-refractivity contribution is 8.13. The predicted molar refractivity (Wildman–Crippen MR) is 72.5 cm³/mol. The van der Waals surface area contributed by atoms with Crippen LogP contribution >= 0.6 is 11.8 Å². The number of hydrogen-bond donors (Lipinski definition) is 3. The van der Waals surface area contributed by atoms with Crippen LogP contribution in [0.2, 0.25) is 0 Å². The van der Waals surface area contributed by atoms with E-state index in [2.05, 4.69) is 15.8 Å². The smallest absolute Gasteiger partial charge is 0.287 e. The molecule has 1 aromatic rings. The van der Waals surface area contributed by atoms with Gasteiger partial charge in [-0.05, 0) is 0 Å². The Morgan fingerprint density at radius 3 is 2.81 bits per heavy atom. The Bertz CT molecular complexity index is 600. The molecule has 0 radical (unpaired) electrons. The van der Waals surface area contributed by atoms with Crippen molar-refractivity contribution in [3.63, 3.8) is 0 Å². The number of aromatic nitrogens is 1. The summed E-state index contributed by atoms with van der Waals surface area (Å²) in [7, 11) is 0. The van der Waals surface area contributed by atoms with Gasteiger partial charge in [-0.2, -0.15) is 0 Å². The average molecular weight is 313 g/mol. The quantitative estimate of drug-likeness (QED) is 0.522. The molecule has 1 aliphatic heterocycles. The first-order chi connectivity index (χ1) is 9.97. The van der Waals surface area contributed by atoms with Gasteiger partial charge >= 0.3 is 0 Å². The summed E-state index contributed by atoms with van der Waals surface area (Å²) in [6.45, 7) is 0.324. The summed E-state index contributed by atoms with van der Waals surface area (Å²) in [5, 5.41) is 10.3. The zero-order valence-electron chi connectivity index (χ0n) is 10.6. The van der Waals surface area contributed by atoms with Gasteiger partial charge < -0.3 is 9.88 Å². The third kappa shape index (κ3) is 3.72. The number of carbonyl (C=O) groups excluding carboxylic acids is 3. The van der Waals surface area contributed by atoms with Gasteiger partial charge in [0, 0.05) is 18.4 Å². The maximum atomic E-state index is 11.6. The monoisotopic (exact) mass is 313 g/mol. The van der Waals surface area contributed by atoms with Crippen molar-refractivity contribution in [2.24, 2.45) is 0 Å². The van der Waals surface area contributed by atoms with Crippen LogP contribution in [0, 0.1) is 10.1 Å². The molecule has 3 N–H and O–H groups in total. The number of nitrogens with one attached hydrogen (secondary N) is 3. The summed E-state index contributed by atoms with van der Waals surface area (Å²) in [5.41, 5.74) is 3.92. The number of aromatic amines is 1. The lowest BCUT2D eigenvalue weighted by Crippen LogP contribution is -2.46. The fourth-order valence-electron chi connectivity index (χ4n) is 1.60. The van der Waals surface area contributed by atoms with Crippen LogP contribution in [-0.2, 0) is 4.79 Å². The Balaban J connectivity index is 1.81. The minimum Gasteiger partial charge on any atom is -0.351 e. The van der Waals surface area contributed by atoms with E-state index in [1.54, 1.807) is 0 Å². The van der Waals surface area contributed by atoms with E-state index < -0.39 is 16.7 Å². The Kier molecular flexibility index (Phi) is 4.42. The van der Waals surface area contributed by atoms with E-state index in [1.807, 2.05) is 0 Å². The van der Waals surface area contributed by atoms with Crippen LogP contribution < -0.4 is 10.9 Å². The topological polar surface area (TPSA) is 137 Å². The predicted octanol–water partition coefficient (Wildman–Crippen LogP) is -0.147. The summed E-state index contributed by atoms with van der Waals surface area (Å²) in [5.74, 6) is -0.649. The van der Waals surface area contributed by atoms with Gasteiger partial charge in [-0.25, -0.2) is 0 Å². The highest BCUT2D eigenvalue weighted by Crippen LogP contribution is 2.16. The number of amides is 3. The Labute approximate surface area is 122 Å². The maximum Gasteiger partial charge on any atom is 0.287 e. The maximum absolute atomic E-state index is 11.6. The van der Waals surface area contributed by atoms with Crippen molar-refractivity contribution in [2.75, 3.05) is 18.8 Å². The van der Waals surface area contributed by atoms with Crippen LogP contribution in [0.25, 0.3) is 0 Å². The molecule has 0 unspecified atom stereocenters. The number of H-pyrrole nitrogens is 1. The van der Waals surface area contributed by atoms with E-state index in [1.165, 1.54) is 4.90 Å². The number of thioether (sulfide) groups is 1. The van der Waals surface area contributed by atoms with E-state index in [9.17, 15) is 24.5 Å². The molecule has 3 amide bonds. The number of carbonyl (C=O) groups is 3. The first kappa shape index (κ1) is 14.8. The van der Waals surface area contributed by atoms with Crippen molar-refractivity contribution in [2.45, 2.75) is 0 Å². The highest BCUT2D eigenvalue weighted by atomic mass is 32.2. The standard InChI is InChI=1S/C10H11N5O5S/c16-8(5-14-1-2-21-10(14)18)12-13-9(17)7-3-6(4-11-7)15(19)20/h3-4,11H,1-2,5H2,(H,12,16)(H,13,17). The molecule has 1 fully saturated rings. The highest BCUT2D eigenvalue weighted by Gasteiger charge is 2.23. The second-order valence-corrected chi connectivity index (χ2v) is 5.11. The molecule has 0 bridgehead atoms. The van der Waals surface area contributed by atoms with Crippen LogP contribution in [0.3, 0.4) is 0 Å². The average Bonchev–Trinajstić information content (AvgIpc) is 3.06. The Morgan fingerprint density at radius 2 is 2.24 bits per heavy atom. The van der Waals surface area contributed by atoms with Gasteiger partial charge in [0.2, 0.25) is 0 Å². The molecule has 1 saturated heterocycles. The molecule has 10 nitrogen and oxygen atoms in total.